The Hall–Kier alpha value is -5.41. The van der Waals surface area contributed by atoms with Gasteiger partial charge in [0.2, 0.25) is 0 Å². The minimum absolute atomic E-state index is 0.0258. The summed E-state index contributed by atoms with van der Waals surface area (Å²) in [6, 6.07) is 15.3. The topological polar surface area (TPSA) is 207 Å². The van der Waals surface area contributed by atoms with Crippen LogP contribution in [0, 0.1) is 11.6 Å². The van der Waals surface area contributed by atoms with Gasteiger partial charge in [-0.25, -0.2) is 45.6 Å². The maximum Gasteiger partial charge on any atom is 0.253 e. The quantitative estimate of drug-likeness (QED) is 0.0417. The van der Waals surface area contributed by atoms with Crippen molar-refractivity contribution in [1.29, 1.82) is 0 Å². The summed E-state index contributed by atoms with van der Waals surface area (Å²) >= 11 is 11.7. The van der Waals surface area contributed by atoms with Gasteiger partial charge in [-0.15, -0.1) is 0 Å². The van der Waals surface area contributed by atoms with E-state index in [1.54, 1.807) is 30.3 Å². The summed E-state index contributed by atoms with van der Waals surface area (Å²) in [6.45, 7) is 12.8. The van der Waals surface area contributed by atoms with Crippen LogP contribution in [-0.4, -0.2) is 76.4 Å². The third-order valence-corrected chi connectivity index (χ3v) is 10.7. The van der Waals surface area contributed by atoms with Crippen molar-refractivity contribution in [3.8, 4) is 11.5 Å². The van der Waals surface area contributed by atoms with Crippen molar-refractivity contribution in [2.24, 2.45) is 0 Å². The molecule has 4 N–H and O–H groups in total. The smallest absolute Gasteiger partial charge is 0.253 e. The Bertz CT molecular complexity index is 2760. The Morgan fingerprint density at radius 1 is 0.683 bits per heavy atom. The summed E-state index contributed by atoms with van der Waals surface area (Å²) in [6.07, 6.45) is 2.79. The van der Waals surface area contributed by atoms with E-state index in [0.29, 0.717) is 106 Å². The minimum atomic E-state index is -3.55. The van der Waals surface area contributed by atoms with E-state index >= 15 is 0 Å². The molecule has 22 heteroatoms. The van der Waals surface area contributed by atoms with E-state index in [1.807, 2.05) is 13.8 Å². The zero-order valence-electron chi connectivity index (χ0n) is 33.8. The van der Waals surface area contributed by atoms with E-state index in [2.05, 4.69) is 54.4 Å². The molecule has 63 heavy (non-hydrogen) atoms. The summed E-state index contributed by atoms with van der Waals surface area (Å²) in [7, 11) is -2.40. The average molecular weight is 969 g/mol. The average Bonchev–Trinajstić information content (AvgIpc) is 3.24. The molecule has 2 heterocycles. The van der Waals surface area contributed by atoms with Gasteiger partial charge in [-0.2, -0.15) is 0 Å². The number of anilines is 5. The monoisotopic (exact) mass is 967 g/mol. The summed E-state index contributed by atoms with van der Waals surface area (Å²) in [5.41, 5.74) is 9.30. The molecule has 0 atom stereocenters. The number of fused-ring (bicyclic) bond motifs is 2. The standard InChI is InChI=1S/C21H21ClFN3O4S.C18H18ClFN4O2.C2H3ClO2S/c1-3-29-7-8-30-20-11-19-16(9-14(20)12-31(27,28)4-2)21(25-13-24-19)26-15-5-6-18(23)17(22)10-15;1-2-25-5-6-26-17-9-16-12(8-15(17)21)18(23-10-22-16)24-11-3-4-14(20)13(19)7-11;1-2-6(3,4)5/h4-6,9-11,13H,2-3,7-8,12H2,1H3,(H,24,25,26);3-4,7-10H,2,5-6,21H2,1H3,(H,22,23,24);2H,1H2. The number of rotatable bonds is 18. The molecule has 0 aliphatic rings. The molecule has 6 rings (SSSR count). The molecule has 0 unspecified atom stereocenters. The van der Waals surface area contributed by atoms with Crippen LogP contribution >= 0.6 is 33.9 Å². The van der Waals surface area contributed by atoms with Crippen LogP contribution in [-0.2, 0) is 34.1 Å². The van der Waals surface area contributed by atoms with Gasteiger partial charge in [-0.3, -0.25) is 0 Å². The van der Waals surface area contributed by atoms with Gasteiger partial charge in [0.1, 0.15) is 60.6 Å². The maximum atomic E-state index is 13.5. The Labute approximate surface area is 377 Å². The molecule has 0 spiro atoms. The molecular formula is C41H42Cl3F2N7O8S2. The first-order valence-electron chi connectivity index (χ1n) is 18.6. The van der Waals surface area contributed by atoms with Crippen molar-refractivity contribution in [2.75, 3.05) is 56.0 Å². The lowest BCUT2D eigenvalue weighted by Crippen LogP contribution is -2.09. The number of hydrogen-bond donors (Lipinski definition) is 3. The second kappa shape index (κ2) is 23.9. The van der Waals surface area contributed by atoms with Crippen LogP contribution in [0.5, 0.6) is 11.5 Å². The number of hydrogen-bond acceptors (Lipinski definition) is 15. The van der Waals surface area contributed by atoms with Gasteiger partial charge in [0.05, 0.1) is 45.7 Å². The SMILES string of the molecule is C=CS(=O)(=O)Cc1cc2c(Nc3ccc(F)c(Cl)c3)ncnc2cc1OCCOCC.C=CS(=O)(=O)Cl.CCOCCOc1cc2ncnc(Nc3ccc(F)c(Cl)c3)c2cc1N. The van der Waals surface area contributed by atoms with Gasteiger partial charge < -0.3 is 35.3 Å². The van der Waals surface area contributed by atoms with E-state index in [1.165, 1.54) is 43.0 Å². The molecule has 0 saturated heterocycles. The summed E-state index contributed by atoms with van der Waals surface area (Å²) in [5, 5.41) is 9.01. The zero-order chi connectivity index (χ0) is 46.2. The van der Waals surface area contributed by atoms with Crippen LogP contribution in [0.25, 0.3) is 21.8 Å². The van der Waals surface area contributed by atoms with Crippen molar-refractivity contribution < 1.29 is 44.6 Å². The second-order valence-electron chi connectivity index (χ2n) is 12.5. The maximum absolute atomic E-state index is 13.5. The van der Waals surface area contributed by atoms with Gasteiger partial charge in [0.15, 0.2) is 9.84 Å². The lowest BCUT2D eigenvalue weighted by molar-refractivity contribution is 0.110. The van der Waals surface area contributed by atoms with Crippen LogP contribution in [0.1, 0.15) is 19.4 Å². The highest BCUT2D eigenvalue weighted by atomic mass is 35.7. The Morgan fingerprint density at radius 2 is 1.14 bits per heavy atom. The van der Waals surface area contributed by atoms with E-state index in [9.17, 15) is 25.6 Å². The molecule has 0 saturated carbocycles. The number of halogens is 5. The first kappa shape index (κ1) is 50.2. The Balaban J connectivity index is 0.000000248. The fourth-order valence-corrected chi connectivity index (χ4v) is 6.35. The van der Waals surface area contributed by atoms with E-state index in [-0.39, 0.29) is 22.4 Å². The number of nitrogens with zero attached hydrogens (tertiary/aromatic N) is 4. The number of nitrogens with two attached hydrogens (primary N) is 1. The van der Waals surface area contributed by atoms with Crippen LogP contribution in [0.3, 0.4) is 0 Å². The van der Waals surface area contributed by atoms with Crippen molar-refractivity contribution in [1.82, 2.24) is 19.9 Å². The van der Waals surface area contributed by atoms with Gasteiger partial charge in [0, 0.05) is 74.6 Å². The highest BCUT2D eigenvalue weighted by Gasteiger charge is 2.17. The van der Waals surface area contributed by atoms with Crippen LogP contribution < -0.4 is 25.8 Å². The summed E-state index contributed by atoms with van der Waals surface area (Å²) < 4.78 is 92.4. The largest absolute Gasteiger partial charge is 0.491 e. The zero-order valence-corrected chi connectivity index (χ0v) is 37.7. The van der Waals surface area contributed by atoms with Crippen molar-refractivity contribution in [2.45, 2.75) is 19.6 Å². The van der Waals surface area contributed by atoms with Gasteiger partial charge >= 0.3 is 0 Å². The Kier molecular flexibility index (Phi) is 19.0. The van der Waals surface area contributed by atoms with E-state index in [0.717, 1.165) is 5.41 Å². The van der Waals surface area contributed by atoms with E-state index < -0.39 is 30.5 Å². The third kappa shape index (κ3) is 15.7. The number of nitrogens with one attached hydrogen (secondary N) is 2. The molecule has 0 bridgehead atoms. The molecule has 15 nitrogen and oxygen atoms in total. The first-order chi connectivity index (χ1) is 30.0. The normalized spacial score (nSPS) is 11.2. The molecule has 6 aromatic rings. The number of benzene rings is 4. The molecule has 0 aliphatic carbocycles. The van der Waals surface area contributed by atoms with Gasteiger partial charge in [-0.05, 0) is 62.4 Å². The molecule has 0 aliphatic heterocycles. The highest BCUT2D eigenvalue weighted by molar-refractivity contribution is 8.16. The molecule has 0 amide bonds. The van der Waals surface area contributed by atoms with E-state index in [4.69, 9.17) is 47.9 Å². The van der Waals surface area contributed by atoms with Crippen LogP contribution in [0.15, 0.2) is 97.3 Å². The number of sulfone groups is 1. The number of nitrogen functional groups attached to an aromatic ring is 1. The first-order valence-corrected chi connectivity index (χ1v) is 23.4. The number of aromatic nitrogens is 4. The van der Waals surface area contributed by atoms with Crippen LogP contribution in [0.4, 0.5) is 37.5 Å². The van der Waals surface area contributed by atoms with Crippen molar-refractivity contribution in [3.05, 3.63) is 125 Å². The highest BCUT2D eigenvalue weighted by Crippen LogP contribution is 2.34. The van der Waals surface area contributed by atoms with Gasteiger partial charge in [0.25, 0.3) is 9.05 Å². The predicted molar refractivity (Wildman–Crippen MR) is 245 cm³/mol. The molecule has 4 aromatic carbocycles. The summed E-state index contributed by atoms with van der Waals surface area (Å²) in [5.74, 6) is 0.538. The molecular weight excluding hydrogens is 927 g/mol. The molecule has 336 valence electrons. The molecule has 2 aromatic heterocycles. The third-order valence-electron chi connectivity index (χ3n) is 8.14. The Morgan fingerprint density at radius 3 is 1.59 bits per heavy atom. The van der Waals surface area contributed by atoms with Gasteiger partial charge in [-0.1, -0.05) is 36.4 Å². The fraction of sp³-hybridized carbons (Fsp3) is 0.220. The predicted octanol–water partition coefficient (Wildman–Crippen LogP) is 9.50. The minimum Gasteiger partial charge on any atom is -0.491 e. The van der Waals surface area contributed by atoms with Crippen molar-refractivity contribution >= 4 is 103 Å². The van der Waals surface area contributed by atoms with Crippen LogP contribution in [0.2, 0.25) is 10.0 Å². The lowest BCUT2D eigenvalue weighted by atomic mass is 10.1. The second-order valence-corrected chi connectivity index (χ2v) is 17.9. The summed E-state index contributed by atoms with van der Waals surface area (Å²) in [4.78, 5) is 17.0. The number of ether oxygens (including phenoxy) is 4. The molecule has 0 fully saturated rings. The van der Waals surface area contributed by atoms with Crippen molar-refractivity contribution in [3.63, 3.8) is 0 Å². The lowest BCUT2D eigenvalue weighted by Gasteiger charge is -2.14. The molecule has 0 radical (unpaired) electrons. The fourth-order valence-electron chi connectivity index (χ4n) is 5.21.